The molecule has 0 radical (unpaired) electrons. The molecule has 0 saturated carbocycles. The first-order valence-corrected chi connectivity index (χ1v) is 6.47. The Labute approximate surface area is 122 Å². The van der Waals surface area contributed by atoms with Crippen LogP contribution in [-0.4, -0.2) is 35.6 Å². The predicted octanol–water partition coefficient (Wildman–Crippen LogP) is 1.84. The molecule has 0 aliphatic rings. The largest absolute Gasteiger partial charge is 0.453 e. The Kier molecular flexibility index (Phi) is 3.43. The predicted molar refractivity (Wildman–Crippen MR) is 71.1 cm³/mol. The van der Waals surface area contributed by atoms with Crippen LogP contribution in [0.5, 0.6) is 0 Å². The van der Waals surface area contributed by atoms with Gasteiger partial charge in [0.25, 0.3) is 5.82 Å². The second kappa shape index (κ2) is 5.28. The van der Waals surface area contributed by atoms with E-state index in [9.17, 15) is 13.2 Å². The lowest BCUT2D eigenvalue weighted by Crippen LogP contribution is -2.23. The molecule has 0 aliphatic carbocycles. The Morgan fingerprint density at radius 2 is 2.09 bits per heavy atom. The Bertz CT molecular complexity index is 763. The molecule has 116 valence electrons. The summed E-state index contributed by atoms with van der Waals surface area (Å²) in [5.41, 5.74) is 0.0394. The van der Waals surface area contributed by atoms with Gasteiger partial charge in [0.2, 0.25) is 0 Å². The lowest BCUT2D eigenvalue weighted by atomic mass is 10.3. The molecule has 0 spiro atoms. The average Bonchev–Trinajstić information content (AvgIpc) is 3.06. The highest BCUT2D eigenvalue weighted by molar-refractivity contribution is 5.44. The second-order valence-electron chi connectivity index (χ2n) is 4.78. The monoisotopic (exact) mass is 311 g/mol. The van der Waals surface area contributed by atoms with Gasteiger partial charge < -0.3 is 5.32 Å². The van der Waals surface area contributed by atoms with Gasteiger partial charge in [-0.1, -0.05) is 0 Å². The highest BCUT2D eigenvalue weighted by Gasteiger charge is 2.37. The molecule has 3 rings (SSSR count). The summed E-state index contributed by atoms with van der Waals surface area (Å²) >= 11 is 0. The number of alkyl halides is 3. The first kappa shape index (κ1) is 14.3. The summed E-state index contributed by atoms with van der Waals surface area (Å²) in [6.45, 7) is 2.44. The quantitative estimate of drug-likeness (QED) is 0.796. The van der Waals surface area contributed by atoms with Crippen LogP contribution in [0.2, 0.25) is 0 Å². The van der Waals surface area contributed by atoms with E-state index in [2.05, 4.69) is 25.7 Å². The maximum atomic E-state index is 12.8. The van der Waals surface area contributed by atoms with Crippen molar-refractivity contribution in [3.8, 4) is 0 Å². The summed E-state index contributed by atoms with van der Waals surface area (Å²) in [4.78, 5) is 0. The first-order valence-electron chi connectivity index (χ1n) is 6.47. The third kappa shape index (κ3) is 2.85. The van der Waals surface area contributed by atoms with E-state index in [4.69, 9.17) is 0 Å². The van der Waals surface area contributed by atoms with Crippen LogP contribution in [0.15, 0.2) is 30.6 Å². The van der Waals surface area contributed by atoms with Crippen LogP contribution in [0.3, 0.4) is 0 Å². The van der Waals surface area contributed by atoms with E-state index < -0.39 is 12.0 Å². The molecule has 3 aromatic heterocycles. The molecule has 7 nitrogen and oxygen atoms in total. The molecule has 1 unspecified atom stereocenters. The van der Waals surface area contributed by atoms with E-state index in [1.165, 1.54) is 6.07 Å². The molecule has 0 fully saturated rings. The van der Waals surface area contributed by atoms with Crippen molar-refractivity contribution >= 4 is 11.5 Å². The molecule has 0 bridgehead atoms. The molecular weight excluding hydrogens is 299 g/mol. The minimum atomic E-state index is -4.61. The highest BCUT2D eigenvalue weighted by Crippen LogP contribution is 2.27. The Morgan fingerprint density at radius 1 is 1.27 bits per heavy atom. The van der Waals surface area contributed by atoms with Gasteiger partial charge in [-0.25, -0.2) is 0 Å². The number of fused-ring (bicyclic) bond motifs is 1. The van der Waals surface area contributed by atoms with Gasteiger partial charge in [0.15, 0.2) is 5.65 Å². The molecule has 3 heterocycles. The van der Waals surface area contributed by atoms with Crippen LogP contribution in [0, 0.1) is 0 Å². The van der Waals surface area contributed by atoms with Crippen molar-refractivity contribution in [3.05, 3.63) is 36.4 Å². The molecule has 0 aromatic carbocycles. The maximum Gasteiger partial charge on any atom is 0.453 e. The molecule has 0 aliphatic heterocycles. The third-order valence-corrected chi connectivity index (χ3v) is 2.93. The minimum absolute atomic E-state index is 0.0394. The fourth-order valence-electron chi connectivity index (χ4n) is 2.03. The molecule has 3 aromatic rings. The van der Waals surface area contributed by atoms with Gasteiger partial charge in [0.05, 0.1) is 6.54 Å². The summed E-state index contributed by atoms with van der Waals surface area (Å²) in [7, 11) is 0. The summed E-state index contributed by atoms with van der Waals surface area (Å²) in [5.74, 6) is -0.844. The van der Waals surface area contributed by atoms with Crippen LogP contribution in [-0.2, 0) is 12.7 Å². The lowest BCUT2D eigenvalue weighted by molar-refractivity contribution is -0.146. The highest BCUT2D eigenvalue weighted by atomic mass is 19.4. The normalized spacial score (nSPS) is 13.5. The molecule has 10 heteroatoms. The van der Waals surface area contributed by atoms with Crippen molar-refractivity contribution in [1.82, 2.24) is 29.6 Å². The summed E-state index contributed by atoms with van der Waals surface area (Å²) < 4.78 is 40.8. The van der Waals surface area contributed by atoms with Crippen molar-refractivity contribution in [2.24, 2.45) is 0 Å². The minimum Gasteiger partial charge on any atom is -0.364 e. The third-order valence-electron chi connectivity index (χ3n) is 2.93. The zero-order valence-corrected chi connectivity index (χ0v) is 11.5. The van der Waals surface area contributed by atoms with Gasteiger partial charge in [-0.2, -0.15) is 22.8 Å². The zero-order chi connectivity index (χ0) is 15.7. The van der Waals surface area contributed by atoms with Gasteiger partial charge >= 0.3 is 6.18 Å². The van der Waals surface area contributed by atoms with Gasteiger partial charge in [0.1, 0.15) is 5.82 Å². The molecule has 0 saturated heterocycles. The Morgan fingerprint density at radius 3 is 2.77 bits per heavy atom. The smallest absolute Gasteiger partial charge is 0.364 e. The second-order valence-corrected chi connectivity index (χ2v) is 4.78. The van der Waals surface area contributed by atoms with E-state index in [0.717, 1.165) is 0 Å². The number of halogens is 3. The summed E-state index contributed by atoms with van der Waals surface area (Å²) in [6, 6.07) is 4.71. The number of hydrogen-bond acceptors (Lipinski definition) is 5. The summed E-state index contributed by atoms with van der Waals surface area (Å²) in [5, 5.41) is 17.6. The number of nitrogens with one attached hydrogen (secondary N) is 1. The van der Waals surface area contributed by atoms with Gasteiger partial charge in [-0.3, -0.25) is 4.68 Å². The zero-order valence-electron chi connectivity index (χ0n) is 11.5. The standard InChI is InChI=1S/C12H12F3N7/c1-8(7-21-6-2-5-16-21)17-9-3-4-10-18-19-11(12(13,14)15)22(10)20-9/h2-6,8H,7H2,1H3,(H,17,20). The Hall–Kier alpha value is -2.65. The SMILES string of the molecule is CC(Cn1cccn1)Nc1ccc2nnc(C(F)(F)F)n2n1. The van der Waals surface area contributed by atoms with Crippen LogP contribution in [0.25, 0.3) is 5.65 Å². The molecule has 1 N–H and O–H groups in total. The average molecular weight is 311 g/mol. The van der Waals surface area contributed by atoms with E-state index >= 15 is 0 Å². The van der Waals surface area contributed by atoms with Gasteiger partial charge in [-0.15, -0.1) is 15.3 Å². The fourth-order valence-corrected chi connectivity index (χ4v) is 2.03. The first-order chi connectivity index (χ1) is 10.4. The maximum absolute atomic E-state index is 12.8. The number of anilines is 1. The van der Waals surface area contributed by atoms with E-state index in [1.54, 1.807) is 29.2 Å². The molecule has 0 amide bonds. The number of aromatic nitrogens is 6. The summed E-state index contributed by atoms with van der Waals surface area (Å²) in [6.07, 6.45) is -1.15. The van der Waals surface area contributed by atoms with Crippen LogP contribution in [0.1, 0.15) is 12.7 Å². The van der Waals surface area contributed by atoms with Crippen molar-refractivity contribution < 1.29 is 13.2 Å². The molecular formula is C12H12F3N7. The van der Waals surface area contributed by atoms with Crippen molar-refractivity contribution in [2.75, 3.05) is 5.32 Å². The lowest BCUT2D eigenvalue weighted by Gasteiger charge is -2.14. The van der Waals surface area contributed by atoms with Crippen LogP contribution in [0.4, 0.5) is 19.0 Å². The van der Waals surface area contributed by atoms with Crippen molar-refractivity contribution in [2.45, 2.75) is 25.7 Å². The van der Waals surface area contributed by atoms with Crippen molar-refractivity contribution in [3.63, 3.8) is 0 Å². The van der Waals surface area contributed by atoms with Crippen LogP contribution < -0.4 is 5.32 Å². The number of hydrogen-bond donors (Lipinski definition) is 1. The Balaban J connectivity index is 1.82. The molecule has 22 heavy (non-hydrogen) atoms. The number of rotatable bonds is 4. The van der Waals surface area contributed by atoms with Crippen LogP contribution >= 0.6 is 0 Å². The van der Waals surface area contributed by atoms with Gasteiger partial charge in [-0.05, 0) is 25.1 Å². The van der Waals surface area contributed by atoms with Crippen molar-refractivity contribution in [1.29, 1.82) is 0 Å². The van der Waals surface area contributed by atoms with E-state index in [-0.39, 0.29) is 11.7 Å². The fraction of sp³-hybridized carbons (Fsp3) is 0.333. The topological polar surface area (TPSA) is 72.9 Å². The number of nitrogens with zero attached hydrogens (tertiary/aromatic N) is 6. The van der Waals surface area contributed by atoms with E-state index in [0.29, 0.717) is 16.9 Å². The van der Waals surface area contributed by atoms with Gasteiger partial charge in [0, 0.05) is 18.4 Å². The molecule has 1 atom stereocenters. The van der Waals surface area contributed by atoms with E-state index in [1.807, 2.05) is 6.92 Å².